The van der Waals surface area contributed by atoms with Crippen LogP contribution in [0.25, 0.3) is 0 Å². The first-order chi connectivity index (χ1) is 9.48. The Morgan fingerprint density at radius 2 is 1.85 bits per heavy atom. The first kappa shape index (κ1) is 14.0. The van der Waals surface area contributed by atoms with Gasteiger partial charge in [0.05, 0.1) is 5.75 Å². The predicted molar refractivity (Wildman–Crippen MR) is 73.9 cm³/mol. The van der Waals surface area contributed by atoms with E-state index in [1.165, 1.54) is 18.3 Å². The lowest BCUT2D eigenvalue weighted by molar-refractivity contribution is 0.0697. The van der Waals surface area contributed by atoms with Gasteiger partial charge in [0.1, 0.15) is 5.56 Å². The number of aromatic nitrogens is 1. The van der Waals surface area contributed by atoms with Crippen molar-refractivity contribution < 1.29 is 18.3 Å². The van der Waals surface area contributed by atoms with Crippen LogP contribution in [0.5, 0.6) is 0 Å². The molecule has 104 valence electrons. The summed E-state index contributed by atoms with van der Waals surface area (Å²) >= 11 is 0. The van der Waals surface area contributed by atoms with Crippen molar-refractivity contribution in [3.8, 4) is 0 Å². The van der Waals surface area contributed by atoms with Gasteiger partial charge in [0.2, 0.25) is 10.0 Å². The zero-order valence-electron chi connectivity index (χ0n) is 10.4. The van der Waals surface area contributed by atoms with E-state index in [9.17, 15) is 13.2 Å². The molecule has 6 nitrogen and oxygen atoms in total. The summed E-state index contributed by atoms with van der Waals surface area (Å²) in [7, 11) is -3.72. The second-order valence-electron chi connectivity index (χ2n) is 4.05. The van der Waals surface area contributed by atoms with Gasteiger partial charge in [-0.05, 0) is 17.7 Å². The van der Waals surface area contributed by atoms with Gasteiger partial charge in [0, 0.05) is 6.20 Å². The molecule has 0 saturated heterocycles. The van der Waals surface area contributed by atoms with Gasteiger partial charge >= 0.3 is 5.97 Å². The summed E-state index contributed by atoms with van der Waals surface area (Å²) in [4.78, 5) is 14.7. The van der Waals surface area contributed by atoms with Gasteiger partial charge in [-0.3, -0.25) is 4.72 Å². The number of nitrogens with zero attached hydrogens (tertiary/aromatic N) is 1. The predicted octanol–water partition coefficient (Wildman–Crippen LogP) is 1.72. The summed E-state index contributed by atoms with van der Waals surface area (Å²) in [6, 6.07) is 11.3. The first-order valence-corrected chi connectivity index (χ1v) is 7.36. The molecule has 20 heavy (non-hydrogen) atoms. The lowest BCUT2D eigenvalue weighted by atomic mass is 10.2. The molecule has 0 unspecified atom stereocenters. The maximum absolute atomic E-state index is 12.0. The van der Waals surface area contributed by atoms with Crippen LogP contribution >= 0.6 is 0 Å². The third kappa shape index (κ3) is 3.55. The maximum atomic E-state index is 12.0. The Balaban J connectivity index is 2.23. The molecule has 1 aromatic heterocycles. The van der Waals surface area contributed by atoms with Crippen molar-refractivity contribution in [3.63, 3.8) is 0 Å². The van der Waals surface area contributed by atoms with E-state index in [1.54, 1.807) is 30.3 Å². The second kappa shape index (κ2) is 5.70. The number of pyridine rings is 1. The molecule has 2 N–H and O–H groups in total. The zero-order valence-corrected chi connectivity index (χ0v) is 11.2. The molecule has 0 aliphatic heterocycles. The average molecular weight is 292 g/mol. The number of rotatable bonds is 5. The largest absolute Gasteiger partial charge is 0.478 e. The van der Waals surface area contributed by atoms with E-state index >= 15 is 0 Å². The van der Waals surface area contributed by atoms with Crippen molar-refractivity contribution in [2.45, 2.75) is 5.75 Å². The molecule has 1 heterocycles. The fourth-order valence-corrected chi connectivity index (χ4v) is 2.80. The molecule has 2 rings (SSSR count). The number of carbonyl (C=O) groups is 1. The van der Waals surface area contributed by atoms with Gasteiger partial charge in [-0.25, -0.2) is 18.2 Å². The minimum absolute atomic E-state index is 0.184. The van der Waals surface area contributed by atoms with Crippen molar-refractivity contribution in [2.24, 2.45) is 0 Å². The highest BCUT2D eigenvalue weighted by Crippen LogP contribution is 2.15. The van der Waals surface area contributed by atoms with Crippen LogP contribution in [0.2, 0.25) is 0 Å². The molecule has 0 amide bonds. The van der Waals surface area contributed by atoms with Crippen molar-refractivity contribution in [1.82, 2.24) is 4.98 Å². The Bertz CT molecular complexity index is 714. The zero-order chi connectivity index (χ0) is 14.6. The quantitative estimate of drug-likeness (QED) is 0.874. The van der Waals surface area contributed by atoms with Crippen LogP contribution in [0.4, 0.5) is 5.82 Å². The van der Waals surface area contributed by atoms with Crippen molar-refractivity contribution >= 4 is 21.8 Å². The number of carboxylic acids is 1. The number of aromatic carboxylic acids is 1. The highest BCUT2D eigenvalue weighted by Gasteiger charge is 2.17. The molecule has 2 aromatic rings. The SMILES string of the molecule is O=C(O)c1cccnc1NS(=O)(=O)Cc1ccccc1. The number of hydrogen-bond acceptors (Lipinski definition) is 4. The van der Waals surface area contributed by atoms with Crippen LogP contribution in [0.15, 0.2) is 48.7 Å². The van der Waals surface area contributed by atoms with Crippen LogP contribution < -0.4 is 4.72 Å². The fourth-order valence-electron chi connectivity index (χ4n) is 1.64. The minimum Gasteiger partial charge on any atom is -0.478 e. The Morgan fingerprint density at radius 3 is 2.50 bits per heavy atom. The molecule has 0 bridgehead atoms. The van der Waals surface area contributed by atoms with E-state index in [0.717, 1.165) is 0 Å². The second-order valence-corrected chi connectivity index (χ2v) is 5.77. The van der Waals surface area contributed by atoms with Crippen molar-refractivity contribution in [2.75, 3.05) is 4.72 Å². The number of hydrogen-bond donors (Lipinski definition) is 2. The highest BCUT2D eigenvalue weighted by atomic mass is 32.2. The lowest BCUT2D eigenvalue weighted by Gasteiger charge is -2.09. The number of nitrogens with one attached hydrogen (secondary N) is 1. The van der Waals surface area contributed by atoms with E-state index in [0.29, 0.717) is 5.56 Å². The Kier molecular flexibility index (Phi) is 3.99. The summed E-state index contributed by atoms with van der Waals surface area (Å²) in [6.45, 7) is 0. The third-order valence-electron chi connectivity index (χ3n) is 2.49. The Labute approximate surface area is 116 Å². The Hall–Kier alpha value is -2.41. The maximum Gasteiger partial charge on any atom is 0.339 e. The van der Waals surface area contributed by atoms with Crippen LogP contribution in [-0.2, 0) is 15.8 Å². The van der Waals surface area contributed by atoms with Crippen LogP contribution in [0.1, 0.15) is 15.9 Å². The van der Waals surface area contributed by atoms with E-state index < -0.39 is 16.0 Å². The molecule has 0 aliphatic rings. The van der Waals surface area contributed by atoms with Crippen molar-refractivity contribution in [1.29, 1.82) is 0 Å². The normalized spacial score (nSPS) is 11.0. The molecule has 0 spiro atoms. The highest BCUT2D eigenvalue weighted by molar-refractivity contribution is 7.91. The average Bonchev–Trinajstić information content (AvgIpc) is 2.39. The summed E-state index contributed by atoms with van der Waals surface area (Å²) in [5.74, 6) is -1.67. The topological polar surface area (TPSA) is 96.4 Å². The molecule has 0 saturated carbocycles. The van der Waals surface area contributed by atoms with E-state index in [2.05, 4.69) is 9.71 Å². The number of benzene rings is 1. The summed E-state index contributed by atoms with van der Waals surface area (Å²) in [5, 5.41) is 8.98. The monoisotopic (exact) mass is 292 g/mol. The smallest absolute Gasteiger partial charge is 0.339 e. The number of sulfonamides is 1. The van der Waals surface area contributed by atoms with Crippen LogP contribution in [0.3, 0.4) is 0 Å². The van der Waals surface area contributed by atoms with Gasteiger partial charge in [0.15, 0.2) is 5.82 Å². The van der Waals surface area contributed by atoms with Crippen LogP contribution in [-0.4, -0.2) is 24.5 Å². The van der Waals surface area contributed by atoms with E-state index in [-0.39, 0.29) is 17.1 Å². The molecule has 0 fully saturated rings. The standard InChI is InChI=1S/C13H12N2O4S/c16-13(17)11-7-4-8-14-12(11)15-20(18,19)9-10-5-2-1-3-6-10/h1-8H,9H2,(H,14,15)(H,16,17). The summed E-state index contributed by atoms with van der Waals surface area (Å²) in [5.41, 5.74) is 0.414. The van der Waals surface area contributed by atoms with Gasteiger partial charge in [-0.15, -0.1) is 0 Å². The molecular formula is C13H12N2O4S. The van der Waals surface area contributed by atoms with E-state index in [4.69, 9.17) is 5.11 Å². The first-order valence-electron chi connectivity index (χ1n) is 5.71. The number of carboxylic acid groups (broad SMARTS) is 1. The summed E-state index contributed by atoms with van der Waals surface area (Å²) in [6.07, 6.45) is 1.33. The molecule has 0 aliphatic carbocycles. The van der Waals surface area contributed by atoms with Crippen LogP contribution in [0, 0.1) is 0 Å². The van der Waals surface area contributed by atoms with Crippen molar-refractivity contribution in [3.05, 3.63) is 59.8 Å². The molecule has 1 aromatic carbocycles. The summed E-state index contributed by atoms with van der Waals surface area (Å²) < 4.78 is 26.2. The minimum atomic E-state index is -3.72. The third-order valence-corrected chi connectivity index (χ3v) is 3.71. The van der Waals surface area contributed by atoms with E-state index in [1.807, 2.05) is 0 Å². The molecule has 7 heteroatoms. The van der Waals surface area contributed by atoms with Gasteiger partial charge in [-0.2, -0.15) is 0 Å². The van der Waals surface area contributed by atoms with Gasteiger partial charge < -0.3 is 5.11 Å². The molecular weight excluding hydrogens is 280 g/mol. The Morgan fingerprint density at radius 1 is 1.15 bits per heavy atom. The molecule has 0 atom stereocenters. The number of anilines is 1. The van der Waals surface area contributed by atoms with Gasteiger partial charge in [0.25, 0.3) is 0 Å². The fraction of sp³-hybridized carbons (Fsp3) is 0.0769. The van der Waals surface area contributed by atoms with Gasteiger partial charge in [-0.1, -0.05) is 30.3 Å². The lowest BCUT2D eigenvalue weighted by Crippen LogP contribution is -2.18. The molecule has 0 radical (unpaired) electrons.